The van der Waals surface area contributed by atoms with E-state index in [0.717, 1.165) is 12.0 Å². The maximum atomic E-state index is 12.4. The van der Waals surface area contributed by atoms with Crippen molar-refractivity contribution in [2.24, 2.45) is 11.8 Å². The molecular formula is C16H16BrNO4. The lowest BCUT2D eigenvalue weighted by Crippen LogP contribution is -2.63. The minimum absolute atomic E-state index is 0.137. The van der Waals surface area contributed by atoms with Gasteiger partial charge >= 0.3 is 12.1 Å². The molecule has 4 bridgehead atoms. The summed E-state index contributed by atoms with van der Waals surface area (Å²) in [5.41, 5.74) is 0.951. The predicted molar refractivity (Wildman–Crippen MR) is 81.3 cm³/mol. The van der Waals surface area contributed by atoms with E-state index in [0.29, 0.717) is 6.54 Å². The molecule has 1 saturated carbocycles. The lowest BCUT2D eigenvalue weighted by Gasteiger charge is -2.48. The van der Waals surface area contributed by atoms with E-state index in [9.17, 15) is 9.59 Å². The van der Waals surface area contributed by atoms with Crippen LogP contribution in [0.3, 0.4) is 0 Å². The van der Waals surface area contributed by atoms with Gasteiger partial charge in [-0.15, -0.1) is 0 Å². The molecule has 3 heterocycles. The fraction of sp³-hybridized carbons (Fsp3) is 0.500. The summed E-state index contributed by atoms with van der Waals surface area (Å²) in [5.74, 6) is -0.125. The molecule has 0 spiro atoms. The van der Waals surface area contributed by atoms with Gasteiger partial charge in [0.25, 0.3) is 0 Å². The third kappa shape index (κ3) is 2.12. The second-order valence-corrected chi connectivity index (χ2v) is 7.19. The van der Waals surface area contributed by atoms with Crippen molar-refractivity contribution in [3.05, 3.63) is 35.9 Å². The fourth-order valence-corrected chi connectivity index (χ4v) is 4.62. The van der Waals surface area contributed by atoms with Crippen LogP contribution < -0.4 is 0 Å². The fourth-order valence-electron chi connectivity index (χ4n) is 3.82. The summed E-state index contributed by atoms with van der Waals surface area (Å²) >= 11 is 3.62. The Labute approximate surface area is 136 Å². The lowest BCUT2D eigenvalue weighted by atomic mass is 9.73. The Balaban J connectivity index is 1.47. The topological polar surface area (TPSA) is 55.8 Å². The Hall–Kier alpha value is -1.56. The van der Waals surface area contributed by atoms with Gasteiger partial charge in [-0.2, -0.15) is 0 Å². The van der Waals surface area contributed by atoms with Crippen LogP contribution in [0.2, 0.25) is 0 Å². The Morgan fingerprint density at radius 1 is 1.36 bits per heavy atom. The third-order valence-corrected chi connectivity index (χ3v) is 6.12. The zero-order chi connectivity index (χ0) is 15.3. The first kappa shape index (κ1) is 14.1. The molecular weight excluding hydrogens is 350 g/mol. The van der Waals surface area contributed by atoms with E-state index >= 15 is 0 Å². The quantitative estimate of drug-likeness (QED) is 0.596. The summed E-state index contributed by atoms with van der Waals surface area (Å²) in [5, 5.41) is 0. The van der Waals surface area contributed by atoms with Crippen LogP contribution in [0.15, 0.2) is 30.3 Å². The standard InChI is InChI=1S/C16H16BrNO4/c17-12-10-6-11-13(14(12)22-15(11)19)18(7-10)16(20)21-8-9-4-2-1-3-5-9/h1-5,10-14H,6-8H2/t10?,11-,12?,13+,14+/m1/s1. The number of rotatable bonds is 2. The molecule has 6 heteroatoms. The van der Waals surface area contributed by atoms with Crippen LogP contribution >= 0.6 is 15.9 Å². The summed E-state index contributed by atoms with van der Waals surface area (Å²) in [6.07, 6.45) is 0.193. The average Bonchev–Trinajstić information content (AvgIpc) is 2.84. The van der Waals surface area contributed by atoms with Gasteiger partial charge < -0.3 is 14.4 Å². The molecule has 0 radical (unpaired) electrons. The molecule has 5 nitrogen and oxygen atoms in total. The number of amides is 1. The molecule has 116 valence electrons. The van der Waals surface area contributed by atoms with Gasteiger partial charge in [0, 0.05) is 6.54 Å². The Bertz CT molecular complexity index is 607. The number of piperidine rings is 2. The van der Waals surface area contributed by atoms with E-state index in [2.05, 4.69) is 15.9 Å². The van der Waals surface area contributed by atoms with Crippen molar-refractivity contribution in [2.75, 3.05) is 6.54 Å². The van der Waals surface area contributed by atoms with Crippen molar-refractivity contribution in [1.82, 2.24) is 4.90 Å². The minimum atomic E-state index is -0.355. The molecule has 4 aliphatic rings. The summed E-state index contributed by atoms with van der Waals surface area (Å²) in [6, 6.07) is 9.39. The normalized spacial score (nSPS) is 35.4. The van der Waals surface area contributed by atoms with E-state index in [1.54, 1.807) is 4.90 Å². The minimum Gasteiger partial charge on any atom is -0.459 e. The zero-order valence-corrected chi connectivity index (χ0v) is 13.4. The molecule has 1 amide bonds. The van der Waals surface area contributed by atoms with E-state index < -0.39 is 0 Å². The van der Waals surface area contributed by atoms with Gasteiger partial charge in [0.2, 0.25) is 0 Å². The summed E-state index contributed by atoms with van der Waals surface area (Å²) < 4.78 is 10.9. The second kappa shape index (κ2) is 5.26. The molecule has 1 aromatic rings. The number of fused-ring (bicyclic) bond motifs is 1. The summed E-state index contributed by atoms with van der Waals surface area (Å²) in [4.78, 5) is 26.2. The molecule has 3 aliphatic heterocycles. The highest BCUT2D eigenvalue weighted by Crippen LogP contribution is 2.48. The number of esters is 1. The predicted octanol–water partition coefficient (Wildman–Crippen LogP) is 2.33. The third-order valence-electron chi connectivity index (χ3n) is 4.86. The summed E-state index contributed by atoms with van der Waals surface area (Å²) in [7, 11) is 0. The van der Waals surface area contributed by atoms with Gasteiger partial charge in [0.05, 0.1) is 16.8 Å². The molecule has 5 rings (SSSR count). The van der Waals surface area contributed by atoms with Gasteiger partial charge in [-0.05, 0) is 17.9 Å². The number of carbonyl (C=O) groups excluding carboxylic acids is 2. The SMILES string of the molecule is O=C1O[C@H]2C(Br)C3C[C@@H]1[C@@H]2N(C(=O)OCc1ccccc1)C3. The van der Waals surface area contributed by atoms with Gasteiger partial charge in [0.1, 0.15) is 12.7 Å². The number of carbonyl (C=O) groups is 2. The Morgan fingerprint density at radius 3 is 2.91 bits per heavy atom. The van der Waals surface area contributed by atoms with Crippen molar-refractivity contribution in [3.8, 4) is 0 Å². The molecule has 1 aliphatic carbocycles. The number of alkyl halides is 1. The smallest absolute Gasteiger partial charge is 0.410 e. The lowest BCUT2D eigenvalue weighted by molar-refractivity contribution is -0.143. The highest BCUT2D eigenvalue weighted by Gasteiger charge is 2.62. The van der Waals surface area contributed by atoms with Gasteiger partial charge in [-0.1, -0.05) is 46.3 Å². The monoisotopic (exact) mass is 365 g/mol. The van der Waals surface area contributed by atoms with E-state index in [4.69, 9.17) is 9.47 Å². The first-order valence-electron chi connectivity index (χ1n) is 7.47. The van der Waals surface area contributed by atoms with Crippen molar-refractivity contribution in [2.45, 2.75) is 30.0 Å². The van der Waals surface area contributed by atoms with Crippen LogP contribution in [-0.4, -0.2) is 40.5 Å². The van der Waals surface area contributed by atoms with Crippen LogP contribution in [-0.2, 0) is 20.9 Å². The molecule has 22 heavy (non-hydrogen) atoms. The molecule has 5 atom stereocenters. The number of ether oxygens (including phenoxy) is 2. The number of nitrogens with zero attached hydrogens (tertiary/aromatic N) is 1. The molecule has 0 aromatic heterocycles. The van der Waals surface area contributed by atoms with Gasteiger partial charge in [0.15, 0.2) is 0 Å². The van der Waals surface area contributed by atoms with E-state index in [1.807, 2.05) is 30.3 Å². The van der Waals surface area contributed by atoms with Gasteiger partial charge in [-0.25, -0.2) is 4.79 Å². The van der Waals surface area contributed by atoms with E-state index in [1.165, 1.54) is 0 Å². The zero-order valence-electron chi connectivity index (χ0n) is 11.9. The van der Waals surface area contributed by atoms with Crippen LogP contribution in [0.4, 0.5) is 4.79 Å². The average molecular weight is 366 g/mol. The largest absolute Gasteiger partial charge is 0.459 e. The number of halogens is 1. The number of benzene rings is 1. The maximum absolute atomic E-state index is 12.4. The van der Waals surface area contributed by atoms with E-state index in [-0.39, 0.29) is 47.5 Å². The van der Waals surface area contributed by atoms with Crippen LogP contribution in [0.5, 0.6) is 0 Å². The molecule has 3 saturated heterocycles. The highest BCUT2D eigenvalue weighted by molar-refractivity contribution is 9.09. The van der Waals surface area contributed by atoms with Crippen molar-refractivity contribution in [3.63, 3.8) is 0 Å². The molecule has 1 aromatic carbocycles. The highest BCUT2D eigenvalue weighted by atomic mass is 79.9. The first-order chi connectivity index (χ1) is 10.6. The van der Waals surface area contributed by atoms with Crippen molar-refractivity contribution >= 4 is 28.0 Å². The van der Waals surface area contributed by atoms with Crippen molar-refractivity contribution in [1.29, 1.82) is 0 Å². The van der Waals surface area contributed by atoms with Crippen LogP contribution in [0.25, 0.3) is 0 Å². The number of hydrogen-bond acceptors (Lipinski definition) is 4. The molecule has 4 fully saturated rings. The van der Waals surface area contributed by atoms with Crippen LogP contribution in [0.1, 0.15) is 12.0 Å². The number of hydrogen-bond donors (Lipinski definition) is 0. The van der Waals surface area contributed by atoms with Gasteiger partial charge in [-0.3, -0.25) is 4.79 Å². The van der Waals surface area contributed by atoms with Crippen molar-refractivity contribution < 1.29 is 19.1 Å². The molecule has 0 N–H and O–H groups in total. The summed E-state index contributed by atoms with van der Waals surface area (Å²) in [6.45, 7) is 0.868. The second-order valence-electron chi connectivity index (χ2n) is 6.13. The van der Waals surface area contributed by atoms with Crippen LogP contribution in [0, 0.1) is 11.8 Å². The first-order valence-corrected chi connectivity index (χ1v) is 8.38. The Kier molecular flexibility index (Phi) is 3.36. The maximum Gasteiger partial charge on any atom is 0.410 e. The molecule has 2 unspecified atom stereocenters. The Morgan fingerprint density at radius 2 is 2.14 bits per heavy atom.